The summed E-state index contributed by atoms with van der Waals surface area (Å²) in [5.41, 5.74) is 0. The lowest BCUT2D eigenvalue weighted by Gasteiger charge is -2.13. The molecule has 6 heteroatoms. The van der Waals surface area contributed by atoms with Crippen molar-refractivity contribution in [3.05, 3.63) is 24.3 Å². The molecule has 1 aliphatic carbocycles. The summed E-state index contributed by atoms with van der Waals surface area (Å²) in [5, 5.41) is 13.0. The van der Waals surface area contributed by atoms with Gasteiger partial charge in [0, 0.05) is 19.0 Å². The highest BCUT2D eigenvalue weighted by molar-refractivity contribution is 6.50. The minimum atomic E-state index is -0.574. The summed E-state index contributed by atoms with van der Waals surface area (Å²) in [6.45, 7) is 3.98. The zero-order valence-electron chi connectivity index (χ0n) is 12.0. The van der Waals surface area contributed by atoms with Crippen LogP contribution in [0.15, 0.2) is 24.3 Å². The third kappa shape index (κ3) is 5.55. The third-order valence-electron chi connectivity index (χ3n) is 3.30. The number of benzene rings is 1. The third-order valence-corrected chi connectivity index (χ3v) is 4.23. The van der Waals surface area contributed by atoms with Crippen molar-refractivity contribution < 1.29 is 14.6 Å². The Balaban J connectivity index is 1.60. The van der Waals surface area contributed by atoms with Crippen molar-refractivity contribution in [2.45, 2.75) is 23.8 Å². The van der Waals surface area contributed by atoms with E-state index in [-0.39, 0.29) is 12.5 Å². The smallest absolute Gasteiger partial charge is 0.122 e. The molecular weight excluding hydrogens is 313 g/mol. The number of alkyl halides is 2. The van der Waals surface area contributed by atoms with Crippen LogP contribution in [0, 0.1) is 5.92 Å². The fourth-order valence-electron chi connectivity index (χ4n) is 1.97. The van der Waals surface area contributed by atoms with Crippen LogP contribution in [0.1, 0.15) is 13.3 Å². The summed E-state index contributed by atoms with van der Waals surface area (Å²) < 4.78 is 10.3. The molecule has 1 fully saturated rings. The van der Waals surface area contributed by atoms with E-state index in [2.05, 4.69) is 5.32 Å². The van der Waals surface area contributed by atoms with Crippen LogP contribution in [0.3, 0.4) is 0 Å². The van der Waals surface area contributed by atoms with Crippen LogP contribution in [0.5, 0.6) is 11.5 Å². The molecule has 0 heterocycles. The van der Waals surface area contributed by atoms with E-state index in [4.69, 9.17) is 32.7 Å². The molecule has 0 spiro atoms. The largest absolute Gasteiger partial charge is 0.494 e. The second kappa shape index (κ2) is 7.54. The van der Waals surface area contributed by atoms with Crippen LogP contribution in [-0.2, 0) is 0 Å². The van der Waals surface area contributed by atoms with Gasteiger partial charge in [0.15, 0.2) is 0 Å². The first-order valence-corrected chi connectivity index (χ1v) is 7.89. The molecule has 21 heavy (non-hydrogen) atoms. The van der Waals surface area contributed by atoms with Gasteiger partial charge >= 0.3 is 0 Å². The standard InChI is InChI=1S/C15H21Cl2NO3/c1-2-20-13-3-5-14(6-4-13)21-10-12(19)9-18-8-11-7-15(11,16)17/h3-6,11-12,18-19H,2,7-10H2,1H3/t11-,12-/m0/s1. The SMILES string of the molecule is CCOc1ccc(OC[C@@H](O)CNC[C@@H]2CC2(Cl)Cl)cc1. The number of hydrogen-bond acceptors (Lipinski definition) is 4. The second-order valence-electron chi connectivity index (χ2n) is 5.19. The molecule has 0 unspecified atom stereocenters. The van der Waals surface area contributed by atoms with E-state index in [1.54, 1.807) is 0 Å². The molecule has 0 aliphatic heterocycles. The lowest BCUT2D eigenvalue weighted by Crippen LogP contribution is -2.33. The normalized spacial score (nSPS) is 20.9. The maximum Gasteiger partial charge on any atom is 0.122 e. The van der Waals surface area contributed by atoms with Gasteiger partial charge in [-0.15, -0.1) is 23.2 Å². The Kier molecular flexibility index (Phi) is 5.99. The van der Waals surface area contributed by atoms with Gasteiger partial charge in [-0.25, -0.2) is 0 Å². The van der Waals surface area contributed by atoms with Crippen molar-refractivity contribution in [3.8, 4) is 11.5 Å². The molecule has 1 aromatic rings. The van der Waals surface area contributed by atoms with Crippen LogP contribution in [0.25, 0.3) is 0 Å². The second-order valence-corrected chi connectivity index (χ2v) is 6.73. The Morgan fingerprint density at radius 3 is 2.38 bits per heavy atom. The molecule has 2 atom stereocenters. The average molecular weight is 334 g/mol. The van der Waals surface area contributed by atoms with E-state index in [0.29, 0.717) is 25.4 Å². The molecular formula is C15H21Cl2NO3. The van der Waals surface area contributed by atoms with Gasteiger partial charge in [0.1, 0.15) is 28.5 Å². The van der Waals surface area contributed by atoms with E-state index in [0.717, 1.165) is 12.2 Å². The van der Waals surface area contributed by atoms with E-state index >= 15 is 0 Å². The molecule has 0 amide bonds. The van der Waals surface area contributed by atoms with E-state index in [9.17, 15) is 5.11 Å². The first kappa shape index (κ1) is 16.7. The van der Waals surface area contributed by atoms with Crippen LogP contribution in [-0.4, -0.2) is 41.8 Å². The number of aliphatic hydroxyl groups is 1. The summed E-state index contributed by atoms with van der Waals surface area (Å²) in [7, 11) is 0. The molecule has 0 radical (unpaired) electrons. The van der Waals surface area contributed by atoms with Gasteiger partial charge in [-0.2, -0.15) is 0 Å². The first-order valence-electron chi connectivity index (χ1n) is 7.13. The zero-order valence-corrected chi connectivity index (χ0v) is 13.5. The number of aliphatic hydroxyl groups excluding tert-OH is 1. The van der Waals surface area contributed by atoms with Crippen LogP contribution < -0.4 is 14.8 Å². The molecule has 1 aromatic carbocycles. The Morgan fingerprint density at radius 2 is 1.86 bits per heavy atom. The Morgan fingerprint density at radius 1 is 1.29 bits per heavy atom. The number of ether oxygens (including phenoxy) is 2. The van der Waals surface area contributed by atoms with Gasteiger partial charge in [0.25, 0.3) is 0 Å². The zero-order chi connectivity index (χ0) is 15.3. The predicted molar refractivity (Wildman–Crippen MR) is 84.5 cm³/mol. The summed E-state index contributed by atoms with van der Waals surface area (Å²) in [6.07, 6.45) is 0.234. The van der Waals surface area contributed by atoms with Gasteiger partial charge < -0.3 is 19.9 Å². The molecule has 1 saturated carbocycles. The molecule has 118 valence electrons. The monoisotopic (exact) mass is 333 g/mol. The molecule has 4 nitrogen and oxygen atoms in total. The van der Waals surface area contributed by atoms with Gasteiger partial charge in [-0.1, -0.05) is 0 Å². The number of hydrogen-bond donors (Lipinski definition) is 2. The van der Waals surface area contributed by atoms with Crippen molar-refractivity contribution in [1.29, 1.82) is 0 Å². The summed E-state index contributed by atoms with van der Waals surface area (Å²) in [4.78, 5) is 0. The van der Waals surface area contributed by atoms with E-state index < -0.39 is 10.4 Å². The minimum absolute atomic E-state index is 0.235. The van der Waals surface area contributed by atoms with Gasteiger partial charge in [0.2, 0.25) is 0 Å². The van der Waals surface area contributed by atoms with Crippen LogP contribution >= 0.6 is 23.2 Å². The van der Waals surface area contributed by atoms with Crippen molar-refractivity contribution in [2.75, 3.05) is 26.3 Å². The summed E-state index contributed by atoms with van der Waals surface area (Å²) in [5.74, 6) is 1.79. The maximum atomic E-state index is 9.83. The molecule has 2 N–H and O–H groups in total. The average Bonchev–Trinajstić information content (AvgIpc) is 3.06. The van der Waals surface area contributed by atoms with Crippen molar-refractivity contribution in [2.24, 2.45) is 5.92 Å². The van der Waals surface area contributed by atoms with Crippen LogP contribution in [0.2, 0.25) is 0 Å². The Hall–Kier alpha value is -0.680. The maximum absolute atomic E-state index is 9.83. The highest BCUT2D eigenvalue weighted by Crippen LogP contribution is 2.52. The van der Waals surface area contributed by atoms with E-state index in [1.807, 2.05) is 31.2 Å². The first-order chi connectivity index (χ1) is 10.0. The molecule has 1 aliphatic rings. The summed E-state index contributed by atoms with van der Waals surface area (Å²) >= 11 is 11.9. The predicted octanol–water partition coefficient (Wildman–Crippen LogP) is 2.61. The van der Waals surface area contributed by atoms with Gasteiger partial charge in [-0.3, -0.25) is 0 Å². The minimum Gasteiger partial charge on any atom is -0.494 e. The number of nitrogens with one attached hydrogen (secondary N) is 1. The fraction of sp³-hybridized carbons (Fsp3) is 0.600. The Labute approximate surface area is 135 Å². The molecule has 0 aromatic heterocycles. The quantitative estimate of drug-likeness (QED) is 0.682. The summed E-state index contributed by atoms with van der Waals surface area (Å²) in [6, 6.07) is 7.34. The van der Waals surface area contributed by atoms with E-state index in [1.165, 1.54) is 0 Å². The highest BCUT2D eigenvalue weighted by atomic mass is 35.5. The lowest BCUT2D eigenvalue weighted by atomic mass is 10.3. The topological polar surface area (TPSA) is 50.7 Å². The highest BCUT2D eigenvalue weighted by Gasteiger charge is 2.50. The van der Waals surface area contributed by atoms with Crippen molar-refractivity contribution >= 4 is 23.2 Å². The Bertz CT molecular complexity index is 439. The fourth-order valence-corrected chi connectivity index (χ4v) is 2.49. The lowest BCUT2D eigenvalue weighted by molar-refractivity contribution is 0.106. The van der Waals surface area contributed by atoms with Gasteiger partial charge in [0.05, 0.1) is 6.61 Å². The molecule has 2 rings (SSSR count). The van der Waals surface area contributed by atoms with Crippen LogP contribution in [0.4, 0.5) is 0 Å². The number of rotatable bonds is 9. The van der Waals surface area contributed by atoms with Crippen molar-refractivity contribution in [3.63, 3.8) is 0 Å². The molecule has 0 bridgehead atoms. The number of halogens is 2. The van der Waals surface area contributed by atoms with Gasteiger partial charge in [-0.05, 0) is 37.6 Å². The van der Waals surface area contributed by atoms with Crippen molar-refractivity contribution in [1.82, 2.24) is 5.32 Å². The molecule has 0 saturated heterocycles.